The summed E-state index contributed by atoms with van der Waals surface area (Å²) >= 11 is 0. The summed E-state index contributed by atoms with van der Waals surface area (Å²) < 4.78 is 21.4. The highest BCUT2D eigenvalue weighted by Gasteiger charge is 2.47. The molecule has 4 unspecified atom stereocenters. The van der Waals surface area contributed by atoms with Crippen molar-refractivity contribution in [2.45, 2.75) is 75.8 Å². The van der Waals surface area contributed by atoms with Gasteiger partial charge in [-0.2, -0.15) is 0 Å². The Kier molecular flexibility index (Phi) is 10.7. The zero-order valence-corrected chi connectivity index (χ0v) is 24.5. The Balaban J connectivity index is 1.53. The number of hydrogen-bond donors (Lipinski definition) is 3. The van der Waals surface area contributed by atoms with E-state index in [-0.39, 0.29) is 35.6 Å². The fraction of sp³-hybridized carbons (Fsp3) is 0.364. The predicted octanol–water partition coefficient (Wildman–Crippen LogP) is 6.80. The van der Waals surface area contributed by atoms with Crippen LogP contribution in [0.15, 0.2) is 84.9 Å². The minimum atomic E-state index is -3.41. The summed E-state index contributed by atoms with van der Waals surface area (Å²) in [6, 6.07) is 25.8. The van der Waals surface area contributed by atoms with E-state index in [1.807, 2.05) is 72.8 Å². The summed E-state index contributed by atoms with van der Waals surface area (Å²) in [4.78, 5) is 24.1. The molecule has 3 aromatic carbocycles. The van der Waals surface area contributed by atoms with Gasteiger partial charge in [0.05, 0.1) is 17.9 Å². The topological polar surface area (TPSA) is 132 Å². The van der Waals surface area contributed by atoms with Crippen molar-refractivity contribution in [3.05, 3.63) is 102 Å². The van der Waals surface area contributed by atoms with Gasteiger partial charge in [-0.1, -0.05) is 85.6 Å². The zero-order chi connectivity index (χ0) is 29.2. The number of hydrogen-bond acceptors (Lipinski definition) is 6. The van der Waals surface area contributed by atoms with Crippen LogP contribution in [0.2, 0.25) is 0 Å². The van der Waals surface area contributed by atoms with Gasteiger partial charge in [0, 0.05) is 24.4 Å². The summed E-state index contributed by atoms with van der Waals surface area (Å²) in [6.07, 6.45) is 5.37. The molecule has 0 amide bonds. The van der Waals surface area contributed by atoms with Gasteiger partial charge >= 0.3 is 0 Å². The quantitative estimate of drug-likeness (QED) is 0.0535. The number of amidine groups is 1. The third-order valence-electron chi connectivity index (χ3n) is 7.54. The highest BCUT2D eigenvalue weighted by atomic mass is 31.2. The lowest BCUT2D eigenvalue weighted by molar-refractivity contribution is -0.119. The average molecular weight is 574 g/mol. The highest BCUT2D eigenvalue weighted by Crippen LogP contribution is 2.64. The fourth-order valence-electron chi connectivity index (χ4n) is 5.23. The summed E-state index contributed by atoms with van der Waals surface area (Å²) in [5.74, 6) is 0.890. The van der Waals surface area contributed by atoms with Gasteiger partial charge in [0.1, 0.15) is 17.4 Å². The second kappa shape index (κ2) is 14.4. The Morgan fingerprint density at radius 1 is 0.902 bits per heavy atom. The lowest BCUT2D eigenvalue weighted by atomic mass is 10.0. The van der Waals surface area contributed by atoms with E-state index in [2.05, 4.69) is 5.32 Å². The Hall–Kier alpha value is -3.54. The van der Waals surface area contributed by atoms with Gasteiger partial charge in [0.2, 0.25) is 0 Å². The van der Waals surface area contributed by atoms with Crippen molar-refractivity contribution in [3.63, 3.8) is 0 Å². The molecule has 1 aliphatic heterocycles. The number of para-hydroxylation sites is 1. The summed E-state index contributed by atoms with van der Waals surface area (Å²) in [5.41, 5.74) is 7.55. The fourth-order valence-corrected chi connectivity index (χ4v) is 8.02. The molecule has 0 spiro atoms. The first-order valence-electron chi connectivity index (χ1n) is 14.3. The van der Waals surface area contributed by atoms with Gasteiger partial charge in [0.25, 0.3) is 7.37 Å². The molecule has 4 rings (SSSR count). The van der Waals surface area contributed by atoms with Crippen LogP contribution < -0.4 is 15.6 Å². The Bertz CT molecular complexity index is 1320. The maximum absolute atomic E-state index is 15.0. The van der Waals surface area contributed by atoms with E-state index in [0.717, 1.165) is 36.8 Å². The largest absolute Gasteiger partial charge is 0.442 e. The number of carbonyl (C=O) groups is 2. The number of nitrogen functional groups attached to an aromatic ring is 1. The Morgan fingerprint density at radius 2 is 1.51 bits per heavy atom. The third-order valence-corrected chi connectivity index (χ3v) is 10.3. The van der Waals surface area contributed by atoms with Crippen molar-refractivity contribution in [2.24, 2.45) is 5.73 Å². The van der Waals surface area contributed by atoms with Gasteiger partial charge in [-0.3, -0.25) is 14.8 Å². The van der Waals surface area contributed by atoms with E-state index in [4.69, 9.17) is 15.7 Å². The van der Waals surface area contributed by atoms with Crippen LogP contribution in [0.1, 0.15) is 74.2 Å². The number of nitrogens with one attached hydrogen (secondary N) is 2. The van der Waals surface area contributed by atoms with E-state index >= 15 is 4.57 Å². The van der Waals surface area contributed by atoms with Gasteiger partial charge < -0.3 is 20.4 Å². The molecule has 7 nitrogen and oxygen atoms in total. The van der Waals surface area contributed by atoms with Crippen LogP contribution in [0, 0.1) is 5.41 Å². The third kappa shape index (κ3) is 8.97. The maximum Gasteiger partial charge on any atom is 0.259 e. The van der Waals surface area contributed by atoms with Crippen LogP contribution in [0.5, 0.6) is 5.75 Å². The van der Waals surface area contributed by atoms with E-state index in [1.165, 1.54) is 0 Å². The normalized spacial score (nSPS) is 18.2. The summed E-state index contributed by atoms with van der Waals surface area (Å²) in [5, 5.41) is 11.1. The van der Waals surface area contributed by atoms with Crippen LogP contribution >= 0.6 is 7.37 Å². The van der Waals surface area contributed by atoms with Crippen molar-refractivity contribution >= 4 is 24.8 Å². The molecule has 0 radical (unpaired) electrons. The molecule has 41 heavy (non-hydrogen) atoms. The molecule has 0 aromatic heterocycles. The highest BCUT2D eigenvalue weighted by molar-refractivity contribution is 7.59. The van der Waals surface area contributed by atoms with Crippen LogP contribution in [-0.2, 0) is 20.3 Å². The molecule has 0 bridgehead atoms. The van der Waals surface area contributed by atoms with Crippen molar-refractivity contribution < 1.29 is 18.7 Å². The first-order valence-corrected chi connectivity index (χ1v) is 16.2. The van der Waals surface area contributed by atoms with E-state index in [1.54, 1.807) is 19.1 Å². The first-order chi connectivity index (χ1) is 19.7. The molecule has 4 atom stereocenters. The minimum absolute atomic E-state index is 0.0306. The van der Waals surface area contributed by atoms with Gasteiger partial charge in [-0.15, -0.1) is 0 Å². The first kappa shape index (κ1) is 30.4. The monoisotopic (exact) mass is 573 g/mol. The summed E-state index contributed by atoms with van der Waals surface area (Å²) in [7, 11) is -3.41. The molecule has 1 aliphatic rings. The Labute approximate surface area is 242 Å². The predicted molar refractivity (Wildman–Crippen MR) is 164 cm³/mol. The Morgan fingerprint density at radius 3 is 2.12 bits per heavy atom. The van der Waals surface area contributed by atoms with Gasteiger partial charge in [-0.05, 0) is 49.4 Å². The smallest absolute Gasteiger partial charge is 0.259 e. The van der Waals surface area contributed by atoms with E-state index < -0.39 is 13.0 Å². The maximum atomic E-state index is 15.0. The van der Waals surface area contributed by atoms with Gasteiger partial charge in [-0.25, -0.2) is 0 Å². The second-order valence-electron chi connectivity index (χ2n) is 10.9. The molecule has 0 saturated carbocycles. The number of ketones is 2. The number of benzene rings is 3. The molecular weight excluding hydrogens is 533 g/mol. The summed E-state index contributed by atoms with van der Waals surface area (Å²) in [6.45, 7) is 1.61. The van der Waals surface area contributed by atoms with Crippen LogP contribution in [0.3, 0.4) is 0 Å². The van der Waals surface area contributed by atoms with E-state index in [9.17, 15) is 9.59 Å². The molecule has 0 aliphatic carbocycles. The molecule has 1 heterocycles. The minimum Gasteiger partial charge on any atom is -0.442 e. The number of unbranched alkanes of at least 4 members (excludes halogenated alkanes) is 3. The van der Waals surface area contributed by atoms with Crippen LogP contribution in [0.25, 0.3) is 0 Å². The molecule has 8 heteroatoms. The van der Waals surface area contributed by atoms with Crippen molar-refractivity contribution in [1.29, 1.82) is 5.41 Å². The van der Waals surface area contributed by atoms with Crippen molar-refractivity contribution in [1.82, 2.24) is 5.32 Å². The lowest BCUT2D eigenvalue weighted by Crippen LogP contribution is -2.15. The van der Waals surface area contributed by atoms with Crippen LogP contribution in [0.4, 0.5) is 0 Å². The molecule has 4 N–H and O–H groups in total. The zero-order valence-electron chi connectivity index (χ0n) is 23.6. The average Bonchev–Trinajstić information content (AvgIpc) is 3.74. The molecular formula is C33H40N3O4P. The van der Waals surface area contributed by atoms with Crippen molar-refractivity contribution in [3.8, 4) is 5.75 Å². The van der Waals surface area contributed by atoms with Gasteiger partial charge in [0.15, 0.2) is 5.78 Å². The number of carbonyl (C=O) groups excluding carboxylic acids is 2. The molecule has 1 fully saturated rings. The molecule has 216 valence electrons. The number of rotatable bonds is 17. The number of Topliss-reactive ketones (excluding diaryl/α,β-unsaturated/α-hetero) is 2. The standard InChI is InChI=1S/C33H40N3O4P/c1-24(37)12-6-2-3-11-17-30(38)32-29(36-32)22-31(26-18-20-27(21-19-26)33(34)35)41(39,23-25-13-7-4-8-14-25)40-28-15-9-5-10-16-28/h4-5,7-10,13-16,18-21,29,31-32,36H,2-3,6,11-12,17,22-23H2,1H3,(H3,34,35). The van der Waals surface area contributed by atoms with Crippen LogP contribution in [-0.4, -0.2) is 29.5 Å². The second-order valence-corrected chi connectivity index (χ2v) is 13.5. The lowest BCUT2D eigenvalue weighted by Gasteiger charge is -2.29. The number of nitrogens with two attached hydrogens (primary N) is 1. The molecule has 1 saturated heterocycles. The van der Waals surface area contributed by atoms with Crippen molar-refractivity contribution in [2.75, 3.05) is 0 Å². The molecule has 3 aromatic rings. The van der Waals surface area contributed by atoms with E-state index in [0.29, 0.717) is 30.6 Å². The SMILES string of the molecule is CC(=O)CCCCCCC(=O)C1NC1CC(c1ccc(C(=N)N)cc1)P(=O)(Cc1ccccc1)Oc1ccccc1.